The summed E-state index contributed by atoms with van der Waals surface area (Å²) >= 11 is 0. The van der Waals surface area contributed by atoms with E-state index in [0.29, 0.717) is 0 Å². The van der Waals surface area contributed by atoms with Gasteiger partial charge in [0.2, 0.25) is 0 Å². The van der Waals surface area contributed by atoms with Gasteiger partial charge in [-0.15, -0.1) is 0 Å². The van der Waals surface area contributed by atoms with E-state index < -0.39 is 0 Å². The second-order valence-corrected chi connectivity index (χ2v) is 5.53. The Labute approximate surface area is 123 Å². The maximum Gasteiger partial charge on any atom is 0.177 e. The van der Waals surface area contributed by atoms with Gasteiger partial charge in [-0.1, -0.05) is 57.0 Å². The molecule has 0 saturated carbocycles. The molecule has 0 atom stereocenters. The van der Waals surface area contributed by atoms with E-state index in [1.54, 1.807) is 0 Å². The third kappa shape index (κ3) is 6.69. The zero-order chi connectivity index (χ0) is 14.6. The number of aryl methyl sites for hydroxylation is 1. The summed E-state index contributed by atoms with van der Waals surface area (Å²) in [5, 5.41) is 12.6. The van der Waals surface area contributed by atoms with Crippen LogP contribution in [0, 0.1) is 0 Å². The van der Waals surface area contributed by atoms with Gasteiger partial charge in [0.05, 0.1) is 11.3 Å². The molecule has 112 valence electrons. The molecule has 0 spiro atoms. The number of aromatic nitrogens is 1. The van der Waals surface area contributed by atoms with E-state index in [9.17, 15) is 0 Å². The molecule has 3 heteroatoms. The Morgan fingerprint density at radius 2 is 1.75 bits per heavy atom. The van der Waals surface area contributed by atoms with E-state index in [2.05, 4.69) is 12.1 Å². The summed E-state index contributed by atoms with van der Waals surface area (Å²) in [5.41, 5.74) is 1.81. The number of oxime groups is 1. The Bertz CT molecular complexity index is 402. The summed E-state index contributed by atoms with van der Waals surface area (Å²) in [6, 6.07) is 3.98. The number of rotatable bonds is 10. The lowest BCUT2D eigenvalue weighted by molar-refractivity contribution is -0.671. The first-order chi connectivity index (χ1) is 9.77. The van der Waals surface area contributed by atoms with Gasteiger partial charge in [0.15, 0.2) is 12.4 Å². The highest BCUT2D eigenvalue weighted by Gasteiger charge is 2.07. The van der Waals surface area contributed by atoms with Gasteiger partial charge in [-0.3, -0.25) is 0 Å². The first kappa shape index (κ1) is 16.7. The predicted octanol–water partition coefficient (Wildman–Crippen LogP) is 4.22. The molecule has 3 nitrogen and oxygen atoms in total. The molecule has 1 rings (SSSR count). The van der Waals surface area contributed by atoms with E-state index in [4.69, 9.17) is 5.21 Å². The molecule has 0 fully saturated rings. The summed E-state index contributed by atoms with van der Waals surface area (Å²) < 4.78 is 1.98. The molecule has 20 heavy (non-hydrogen) atoms. The molecule has 1 aromatic rings. The van der Waals surface area contributed by atoms with Crippen molar-refractivity contribution in [3.8, 4) is 0 Å². The molecular weight excluding hydrogens is 248 g/mol. The van der Waals surface area contributed by atoms with Crippen molar-refractivity contribution in [1.29, 1.82) is 0 Å². The van der Waals surface area contributed by atoms with Crippen molar-refractivity contribution in [2.75, 3.05) is 0 Å². The Hall–Kier alpha value is -1.38. The van der Waals surface area contributed by atoms with Crippen LogP contribution in [-0.4, -0.2) is 10.9 Å². The quantitative estimate of drug-likeness (QED) is 0.224. The van der Waals surface area contributed by atoms with Crippen molar-refractivity contribution < 1.29 is 9.77 Å². The molecule has 0 aliphatic rings. The molecule has 1 heterocycles. The molecule has 0 radical (unpaired) electrons. The lowest BCUT2D eigenvalue weighted by atomic mass is 10.0. The monoisotopic (exact) mass is 277 g/mol. The second kappa shape index (κ2) is 10.4. The first-order valence-electron chi connectivity index (χ1n) is 7.94. The van der Waals surface area contributed by atoms with Crippen LogP contribution < -0.4 is 4.57 Å². The molecule has 0 aliphatic heterocycles. The van der Waals surface area contributed by atoms with Crippen molar-refractivity contribution in [1.82, 2.24) is 0 Å². The van der Waals surface area contributed by atoms with Crippen molar-refractivity contribution in [3.05, 3.63) is 30.1 Å². The van der Waals surface area contributed by atoms with Crippen LogP contribution in [0.2, 0.25) is 0 Å². The third-order valence-corrected chi connectivity index (χ3v) is 3.66. The van der Waals surface area contributed by atoms with Crippen molar-refractivity contribution in [2.24, 2.45) is 12.2 Å². The number of hydrogen-bond donors (Lipinski definition) is 1. The molecule has 1 aromatic heterocycles. The van der Waals surface area contributed by atoms with Crippen molar-refractivity contribution in [2.45, 2.75) is 64.7 Å². The van der Waals surface area contributed by atoms with Gasteiger partial charge in [-0.2, -0.15) is 0 Å². The Morgan fingerprint density at radius 3 is 2.35 bits per heavy atom. The fourth-order valence-electron chi connectivity index (χ4n) is 2.44. The van der Waals surface area contributed by atoms with Crippen LogP contribution in [0.15, 0.2) is 29.7 Å². The van der Waals surface area contributed by atoms with Crippen LogP contribution in [0.3, 0.4) is 0 Å². The Balaban J connectivity index is 2.20. The number of nitrogens with zero attached hydrogens (tertiary/aromatic N) is 2. The minimum Gasteiger partial charge on any atom is -0.411 e. The maximum atomic E-state index is 9.15. The van der Waals surface area contributed by atoms with Gasteiger partial charge in [0, 0.05) is 6.07 Å². The predicted molar refractivity (Wildman–Crippen MR) is 83.2 cm³/mol. The summed E-state index contributed by atoms with van der Waals surface area (Å²) in [4.78, 5) is 0. The van der Waals surface area contributed by atoms with Gasteiger partial charge in [0.1, 0.15) is 7.05 Å². The van der Waals surface area contributed by atoms with E-state index in [1.807, 2.05) is 36.1 Å². The molecule has 0 saturated heterocycles. The SMILES string of the molecule is CCCCCCCCCC/C(=N/O)c1ccc[n+](C)c1. The zero-order valence-electron chi connectivity index (χ0n) is 13.0. The smallest absolute Gasteiger partial charge is 0.177 e. The number of pyridine rings is 1. The fourth-order valence-corrected chi connectivity index (χ4v) is 2.44. The van der Waals surface area contributed by atoms with Gasteiger partial charge < -0.3 is 5.21 Å². The lowest BCUT2D eigenvalue weighted by Crippen LogP contribution is -2.27. The molecule has 0 aromatic carbocycles. The van der Waals surface area contributed by atoms with Crippen molar-refractivity contribution >= 4 is 5.71 Å². The van der Waals surface area contributed by atoms with Crippen LogP contribution in [0.25, 0.3) is 0 Å². The van der Waals surface area contributed by atoms with E-state index >= 15 is 0 Å². The van der Waals surface area contributed by atoms with E-state index in [0.717, 1.165) is 24.1 Å². The van der Waals surface area contributed by atoms with Crippen molar-refractivity contribution in [3.63, 3.8) is 0 Å². The second-order valence-electron chi connectivity index (χ2n) is 5.53. The highest BCUT2D eigenvalue weighted by atomic mass is 16.4. The van der Waals surface area contributed by atoms with E-state index in [-0.39, 0.29) is 0 Å². The standard InChI is InChI=1S/C17H28N2O/c1-3-4-5-6-7-8-9-10-13-17(18-20)16-12-11-14-19(2)15-16/h11-12,14-15H,3-10,13H2,1-2H3/p+1/b18-17-. The third-order valence-electron chi connectivity index (χ3n) is 3.66. The van der Waals surface area contributed by atoms with Gasteiger partial charge in [0.25, 0.3) is 0 Å². The first-order valence-corrected chi connectivity index (χ1v) is 7.94. The maximum absolute atomic E-state index is 9.15. The molecule has 0 bridgehead atoms. The largest absolute Gasteiger partial charge is 0.411 e. The van der Waals surface area contributed by atoms with Gasteiger partial charge in [-0.25, -0.2) is 4.57 Å². The Morgan fingerprint density at radius 1 is 1.10 bits per heavy atom. The number of hydrogen-bond acceptors (Lipinski definition) is 2. The summed E-state index contributed by atoms with van der Waals surface area (Å²) in [6.45, 7) is 2.25. The lowest BCUT2D eigenvalue weighted by Gasteiger charge is -2.04. The molecule has 0 amide bonds. The van der Waals surface area contributed by atoms with Crippen LogP contribution >= 0.6 is 0 Å². The highest BCUT2D eigenvalue weighted by molar-refractivity contribution is 5.99. The normalized spacial score (nSPS) is 11.8. The van der Waals surface area contributed by atoms with E-state index in [1.165, 1.54) is 44.9 Å². The minimum atomic E-state index is 0.798. The molecule has 1 N–H and O–H groups in total. The van der Waals surface area contributed by atoms with Crippen LogP contribution in [0.4, 0.5) is 0 Å². The average Bonchev–Trinajstić information content (AvgIpc) is 2.46. The van der Waals surface area contributed by atoms with Crippen LogP contribution in [0.5, 0.6) is 0 Å². The molecule has 0 aliphatic carbocycles. The van der Waals surface area contributed by atoms with Crippen LogP contribution in [0.1, 0.15) is 70.3 Å². The van der Waals surface area contributed by atoms with Crippen LogP contribution in [-0.2, 0) is 7.05 Å². The van der Waals surface area contributed by atoms with Gasteiger partial charge in [-0.05, 0) is 18.9 Å². The highest BCUT2D eigenvalue weighted by Crippen LogP contribution is 2.12. The topological polar surface area (TPSA) is 36.5 Å². The molecular formula is C17H29N2O+. The summed E-state index contributed by atoms with van der Waals surface area (Å²) in [5.74, 6) is 0. The number of unbranched alkanes of at least 4 members (excludes halogenated alkanes) is 7. The van der Waals surface area contributed by atoms with Gasteiger partial charge >= 0.3 is 0 Å². The Kier molecular flexibility index (Phi) is 8.68. The molecule has 0 unspecified atom stereocenters. The fraction of sp³-hybridized carbons (Fsp3) is 0.647. The summed E-state index contributed by atoms with van der Waals surface area (Å²) in [6.07, 6.45) is 15.2. The average molecular weight is 277 g/mol. The zero-order valence-corrected chi connectivity index (χ0v) is 13.0. The minimum absolute atomic E-state index is 0.798. The summed E-state index contributed by atoms with van der Waals surface area (Å²) in [7, 11) is 1.98.